The van der Waals surface area contributed by atoms with Crippen LogP contribution in [0.15, 0.2) is 42.9 Å². The van der Waals surface area contributed by atoms with E-state index in [0.717, 1.165) is 21.3 Å². The highest BCUT2D eigenvalue weighted by Gasteiger charge is 2.29. The standard InChI is InChI=1S/C21H17F2N3O2S/c1-11-9-26(10-24-11)19-17(15-8-13-6-4-5-7-14(13)29-15)18(22)16(21(27)25-23)12(2)20(19)28-3/h4-10H,1-3H3,(H,25,27). The van der Waals surface area contributed by atoms with Gasteiger partial charge in [0, 0.05) is 21.3 Å². The van der Waals surface area contributed by atoms with Crippen LogP contribution in [0.25, 0.3) is 26.2 Å². The minimum atomic E-state index is -1.16. The molecule has 0 aliphatic heterocycles. The molecule has 2 heterocycles. The maximum absolute atomic E-state index is 15.7. The molecule has 0 fully saturated rings. The minimum absolute atomic E-state index is 0.157. The number of nitrogens with zero attached hydrogens (tertiary/aromatic N) is 2. The first-order valence-electron chi connectivity index (χ1n) is 8.77. The predicted octanol–water partition coefficient (Wildman–Crippen LogP) is 5.13. The van der Waals surface area contributed by atoms with E-state index in [1.54, 1.807) is 17.1 Å². The van der Waals surface area contributed by atoms with Gasteiger partial charge in [-0.25, -0.2) is 9.37 Å². The average molecular weight is 413 g/mol. The molecule has 1 amide bonds. The number of fused-ring (bicyclic) bond motifs is 1. The highest BCUT2D eigenvalue weighted by molar-refractivity contribution is 7.22. The number of ether oxygens (including phenoxy) is 1. The van der Waals surface area contributed by atoms with E-state index < -0.39 is 17.3 Å². The number of methoxy groups -OCH3 is 1. The molecule has 0 atom stereocenters. The summed E-state index contributed by atoms with van der Waals surface area (Å²) in [4.78, 5) is 17.0. The number of aryl methyl sites for hydroxylation is 1. The lowest BCUT2D eigenvalue weighted by Crippen LogP contribution is -2.19. The molecular weight excluding hydrogens is 396 g/mol. The van der Waals surface area contributed by atoms with E-state index in [9.17, 15) is 9.28 Å². The molecule has 2 aromatic carbocycles. The zero-order valence-electron chi connectivity index (χ0n) is 15.9. The van der Waals surface area contributed by atoms with Gasteiger partial charge in [-0.05, 0) is 31.4 Å². The molecule has 4 aromatic rings. The van der Waals surface area contributed by atoms with Crippen molar-refractivity contribution in [2.24, 2.45) is 0 Å². The van der Waals surface area contributed by atoms with Crippen molar-refractivity contribution in [2.75, 3.05) is 7.11 Å². The number of hydrogen-bond acceptors (Lipinski definition) is 4. The summed E-state index contributed by atoms with van der Waals surface area (Å²) in [5.74, 6) is -1.70. The summed E-state index contributed by atoms with van der Waals surface area (Å²) in [5, 5.41) is 0.940. The van der Waals surface area contributed by atoms with Crippen molar-refractivity contribution >= 4 is 27.3 Å². The lowest BCUT2D eigenvalue weighted by atomic mass is 9.98. The summed E-state index contributed by atoms with van der Waals surface area (Å²) >= 11 is 1.38. The molecule has 0 aliphatic rings. The van der Waals surface area contributed by atoms with E-state index in [-0.39, 0.29) is 16.9 Å². The lowest BCUT2D eigenvalue weighted by Gasteiger charge is -2.20. The van der Waals surface area contributed by atoms with Crippen molar-refractivity contribution in [1.29, 1.82) is 0 Å². The van der Waals surface area contributed by atoms with Crippen LogP contribution in [0.1, 0.15) is 21.6 Å². The molecule has 5 nitrogen and oxygen atoms in total. The molecular formula is C21H17F2N3O2S. The number of carbonyl (C=O) groups is 1. The van der Waals surface area contributed by atoms with E-state index in [2.05, 4.69) is 4.98 Å². The topological polar surface area (TPSA) is 56.1 Å². The highest BCUT2D eigenvalue weighted by Crippen LogP contribution is 2.45. The quantitative estimate of drug-likeness (QED) is 0.472. The Labute approximate surface area is 169 Å². The Morgan fingerprint density at radius 1 is 1.28 bits per heavy atom. The van der Waals surface area contributed by atoms with Crippen LogP contribution < -0.4 is 10.3 Å². The molecule has 1 N–H and O–H groups in total. The van der Waals surface area contributed by atoms with Gasteiger partial charge in [0.25, 0.3) is 5.91 Å². The van der Waals surface area contributed by atoms with Gasteiger partial charge < -0.3 is 9.30 Å². The zero-order valence-corrected chi connectivity index (χ0v) is 16.7. The van der Waals surface area contributed by atoms with E-state index in [1.165, 1.54) is 25.4 Å². The number of halogens is 2. The molecule has 0 saturated heterocycles. The highest BCUT2D eigenvalue weighted by atomic mass is 32.1. The van der Waals surface area contributed by atoms with Crippen LogP contribution in [-0.4, -0.2) is 22.6 Å². The van der Waals surface area contributed by atoms with E-state index in [1.807, 2.05) is 37.3 Å². The van der Waals surface area contributed by atoms with Crippen molar-refractivity contribution in [3.05, 3.63) is 65.5 Å². The smallest absolute Gasteiger partial charge is 0.282 e. The number of imidazole rings is 1. The van der Waals surface area contributed by atoms with Crippen molar-refractivity contribution in [3.63, 3.8) is 0 Å². The summed E-state index contributed by atoms with van der Waals surface area (Å²) < 4.78 is 36.9. The van der Waals surface area contributed by atoms with Gasteiger partial charge in [-0.1, -0.05) is 22.7 Å². The van der Waals surface area contributed by atoms with Crippen LogP contribution in [-0.2, 0) is 0 Å². The number of thiophene rings is 1. The molecule has 0 spiro atoms. The van der Waals surface area contributed by atoms with Crippen molar-refractivity contribution < 1.29 is 18.4 Å². The third-order valence-corrected chi connectivity index (χ3v) is 5.90. The monoisotopic (exact) mass is 413 g/mol. The summed E-state index contributed by atoms with van der Waals surface area (Å²) in [6.45, 7) is 3.34. The Bertz CT molecular complexity index is 1210. The van der Waals surface area contributed by atoms with Crippen LogP contribution in [0, 0.1) is 19.7 Å². The number of benzene rings is 2. The molecule has 8 heteroatoms. The first-order chi connectivity index (χ1) is 14.0. The summed E-state index contributed by atoms with van der Waals surface area (Å²) in [5.41, 5.74) is 2.14. The molecule has 2 aromatic heterocycles. The van der Waals surface area contributed by atoms with Gasteiger partial charge in [0.2, 0.25) is 0 Å². The van der Waals surface area contributed by atoms with E-state index in [4.69, 9.17) is 4.74 Å². The second-order valence-corrected chi connectivity index (χ2v) is 7.65. The Hall–Kier alpha value is -3.26. The van der Waals surface area contributed by atoms with E-state index in [0.29, 0.717) is 10.6 Å². The zero-order chi connectivity index (χ0) is 20.7. The number of amides is 1. The fourth-order valence-corrected chi connectivity index (χ4v) is 4.59. The largest absolute Gasteiger partial charge is 0.494 e. The van der Waals surface area contributed by atoms with Gasteiger partial charge in [0.1, 0.15) is 17.3 Å². The SMILES string of the molecule is COc1c(C)c(C(=O)NF)c(F)c(-c2cc3ccccc3s2)c1-n1cnc(C)c1. The second kappa shape index (κ2) is 7.29. The minimum Gasteiger partial charge on any atom is -0.494 e. The van der Waals surface area contributed by atoms with Gasteiger partial charge in [0.15, 0.2) is 0 Å². The molecule has 0 unspecified atom stereocenters. The summed E-state index contributed by atoms with van der Waals surface area (Å²) in [6, 6.07) is 9.50. The number of aromatic nitrogens is 2. The summed E-state index contributed by atoms with van der Waals surface area (Å²) in [7, 11) is 1.43. The molecule has 0 saturated carbocycles. The van der Waals surface area contributed by atoms with Crippen LogP contribution in [0.2, 0.25) is 0 Å². The fourth-order valence-electron chi connectivity index (χ4n) is 3.49. The first-order valence-corrected chi connectivity index (χ1v) is 9.58. The molecule has 148 valence electrons. The Morgan fingerprint density at radius 3 is 2.66 bits per heavy atom. The van der Waals surface area contributed by atoms with Gasteiger partial charge in [-0.15, -0.1) is 11.3 Å². The number of nitrogens with one attached hydrogen (secondary N) is 1. The Balaban J connectivity index is 2.14. The van der Waals surface area contributed by atoms with Crippen molar-refractivity contribution in [1.82, 2.24) is 15.1 Å². The third kappa shape index (κ3) is 3.05. The molecule has 4 rings (SSSR count). The molecule has 0 radical (unpaired) electrons. The number of rotatable bonds is 4. The molecule has 0 bridgehead atoms. The van der Waals surface area contributed by atoms with Crippen LogP contribution in [0.3, 0.4) is 0 Å². The maximum Gasteiger partial charge on any atom is 0.282 e. The predicted molar refractivity (Wildman–Crippen MR) is 109 cm³/mol. The number of hydrogen-bond donors (Lipinski definition) is 1. The Morgan fingerprint density at radius 2 is 2.03 bits per heavy atom. The van der Waals surface area contributed by atoms with Gasteiger partial charge >= 0.3 is 0 Å². The van der Waals surface area contributed by atoms with Crippen molar-refractivity contribution in [3.8, 4) is 21.9 Å². The molecule has 29 heavy (non-hydrogen) atoms. The fraction of sp³-hybridized carbons (Fsp3) is 0.143. The van der Waals surface area contributed by atoms with Crippen molar-refractivity contribution in [2.45, 2.75) is 13.8 Å². The van der Waals surface area contributed by atoms with Crippen LogP contribution >= 0.6 is 11.3 Å². The third-order valence-electron chi connectivity index (χ3n) is 4.77. The summed E-state index contributed by atoms with van der Waals surface area (Å²) in [6.07, 6.45) is 3.29. The van der Waals surface area contributed by atoms with Gasteiger partial charge in [-0.2, -0.15) is 5.54 Å². The van der Waals surface area contributed by atoms with Crippen LogP contribution in [0.4, 0.5) is 8.87 Å². The Kier molecular flexibility index (Phi) is 4.79. The first kappa shape index (κ1) is 19.1. The molecule has 0 aliphatic carbocycles. The number of carbonyl (C=O) groups excluding carboxylic acids is 1. The van der Waals surface area contributed by atoms with Crippen LogP contribution in [0.5, 0.6) is 5.75 Å². The van der Waals surface area contributed by atoms with Gasteiger partial charge in [-0.3, -0.25) is 4.79 Å². The van der Waals surface area contributed by atoms with Gasteiger partial charge in [0.05, 0.1) is 30.3 Å². The van der Waals surface area contributed by atoms with E-state index >= 15 is 4.39 Å². The normalized spacial score (nSPS) is 11.1. The maximum atomic E-state index is 15.7. The lowest BCUT2D eigenvalue weighted by molar-refractivity contribution is 0.0854. The second-order valence-electron chi connectivity index (χ2n) is 6.57. The average Bonchev–Trinajstić information content (AvgIpc) is 3.33.